The average Bonchev–Trinajstić information content (AvgIpc) is 2.14. The highest BCUT2D eigenvalue weighted by Gasteiger charge is 2.29. The van der Waals surface area contributed by atoms with E-state index in [9.17, 15) is 9.90 Å². The van der Waals surface area contributed by atoms with Gasteiger partial charge in [-0.1, -0.05) is 6.92 Å². The monoisotopic (exact) mass is 210 g/mol. The molecule has 4 heteroatoms. The number of hydrogen-bond donors (Lipinski definition) is 1. The molecule has 0 saturated heterocycles. The Morgan fingerprint density at radius 2 is 2.33 bits per heavy atom. The maximum Gasteiger partial charge on any atom is 0.343 e. The van der Waals surface area contributed by atoms with Crippen molar-refractivity contribution in [1.29, 1.82) is 0 Å². The summed E-state index contributed by atoms with van der Waals surface area (Å²) in [5.41, 5.74) is 0.220. The second-order valence-electron chi connectivity index (χ2n) is 3.84. The molecule has 0 bridgehead atoms. The van der Waals surface area contributed by atoms with Crippen LogP contribution in [0.2, 0.25) is 0 Å². The Kier molecular flexibility index (Phi) is 2.52. The van der Waals surface area contributed by atoms with E-state index in [-0.39, 0.29) is 11.5 Å². The molecule has 82 valence electrons. The van der Waals surface area contributed by atoms with Gasteiger partial charge in [0, 0.05) is 18.4 Å². The van der Waals surface area contributed by atoms with Crippen molar-refractivity contribution in [3.8, 4) is 5.75 Å². The Bertz CT molecular complexity index is 421. The minimum Gasteiger partial charge on any atom is -0.464 e. The van der Waals surface area contributed by atoms with Crippen LogP contribution >= 0.6 is 0 Å². The summed E-state index contributed by atoms with van der Waals surface area (Å²) in [5.74, 6) is 0.998. The van der Waals surface area contributed by atoms with E-state index < -0.39 is 6.29 Å². The molecule has 1 unspecified atom stereocenters. The van der Waals surface area contributed by atoms with Gasteiger partial charge in [0.05, 0.1) is 5.56 Å². The van der Waals surface area contributed by atoms with Crippen LogP contribution in [0.25, 0.3) is 0 Å². The maximum absolute atomic E-state index is 11.6. The summed E-state index contributed by atoms with van der Waals surface area (Å²) in [4.78, 5) is 11.6. The third kappa shape index (κ3) is 1.77. The summed E-state index contributed by atoms with van der Waals surface area (Å²) in [6, 6.07) is 1.65. The van der Waals surface area contributed by atoms with Gasteiger partial charge in [-0.25, -0.2) is 4.79 Å². The quantitative estimate of drug-likeness (QED) is 0.763. The van der Waals surface area contributed by atoms with Crippen molar-refractivity contribution in [3.05, 3.63) is 27.8 Å². The predicted octanol–water partition coefficient (Wildman–Crippen LogP) is 1.54. The smallest absolute Gasteiger partial charge is 0.343 e. The van der Waals surface area contributed by atoms with Crippen molar-refractivity contribution in [2.45, 2.75) is 38.9 Å². The lowest BCUT2D eigenvalue weighted by atomic mass is 9.91. The lowest BCUT2D eigenvalue weighted by Crippen LogP contribution is -2.29. The van der Waals surface area contributed by atoms with Crippen LogP contribution in [0.5, 0.6) is 5.75 Å². The number of hydrogen-bond acceptors (Lipinski definition) is 4. The summed E-state index contributed by atoms with van der Waals surface area (Å²) in [6.07, 6.45) is 0.433. The first-order valence-electron chi connectivity index (χ1n) is 5.11. The molecule has 2 heterocycles. The molecule has 1 aliphatic heterocycles. The van der Waals surface area contributed by atoms with Crippen LogP contribution in [-0.2, 0) is 0 Å². The van der Waals surface area contributed by atoms with Crippen molar-refractivity contribution in [2.24, 2.45) is 0 Å². The fourth-order valence-electron chi connectivity index (χ4n) is 1.99. The zero-order chi connectivity index (χ0) is 11.0. The van der Waals surface area contributed by atoms with E-state index in [0.29, 0.717) is 23.5 Å². The topological polar surface area (TPSA) is 59.7 Å². The molecule has 0 amide bonds. The Morgan fingerprint density at radius 1 is 1.60 bits per heavy atom. The molecule has 15 heavy (non-hydrogen) atoms. The van der Waals surface area contributed by atoms with Gasteiger partial charge >= 0.3 is 5.63 Å². The molecule has 1 aliphatic rings. The van der Waals surface area contributed by atoms with Crippen molar-refractivity contribution in [3.63, 3.8) is 0 Å². The lowest BCUT2D eigenvalue weighted by molar-refractivity contribution is -0.0405. The van der Waals surface area contributed by atoms with Gasteiger partial charge in [0.15, 0.2) is 6.29 Å². The molecule has 0 fully saturated rings. The van der Waals surface area contributed by atoms with E-state index in [1.165, 1.54) is 0 Å². The summed E-state index contributed by atoms with van der Waals surface area (Å²) in [5, 5.41) is 9.48. The Labute approximate surface area is 87.5 Å². The van der Waals surface area contributed by atoms with E-state index >= 15 is 0 Å². The summed E-state index contributed by atoms with van der Waals surface area (Å²) >= 11 is 0. The molecule has 1 N–H and O–H groups in total. The van der Waals surface area contributed by atoms with Crippen LogP contribution < -0.4 is 10.4 Å². The first kappa shape index (κ1) is 10.2. The van der Waals surface area contributed by atoms with Crippen molar-refractivity contribution in [2.75, 3.05) is 0 Å². The zero-order valence-corrected chi connectivity index (χ0v) is 8.82. The second kappa shape index (κ2) is 3.70. The summed E-state index contributed by atoms with van der Waals surface area (Å²) < 4.78 is 10.2. The van der Waals surface area contributed by atoms with Gasteiger partial charge < -0.3 is 14.3 Å². The number of aliphatic hydroxyl groups excluding tert-OH is 1. The van der Waals surface area contributed by atoms with Gasteiger partial charge in [-0.3, -0.25) is 0 Å². The molecule has 0 spiro atoms. The Morgan fingerprint density at radius 3 is 3.00 bits per heavy atom. The van der Waals surface area contributed by atoms with Crippen molar-refractivity contribution >= 4 is 0 Å². The molecule has 1 aromatic rings. The van der Waals surface area contributed by atoms with Gasteiger partial charge in [0.2, 0.25) is 0 Å². The van der Waals surface area contributed by atoms with Crippen LogP contribution in [0.4, 0.5) is 0 Å². The minimum atomic E-state index is -0.816. The molecular weight excluding hydrogens is 196 g/mol. The van der Waals surface area contributed by atoms with Gasteiger partial charge in [-0.2, -0.15) is 0 Å². The van der Waals surface area contributed by atoms with E-state index in [1.54, 1.807) is 13.0 Å². The van der Waals surface area contributed by atoms with Crippen LogP contribution in [0.3, 0.4) is 0 Å². The Hall–Kier alpha value is -1.29. The van der Waals surface area contributed by atoms with Gasteiger partial charge in [0.1, 0.15) is 11.5 Å². The summed E-state index contributed by atoms with van der Waals surface area (Å²) in [6.45, 7) is 3.67. The number of ether oxygens (including phenoxy) is 1. The predicted molar refractivity (Wildman–Crippen MR) is 54.0 cm³/mol. The minimum absolute atomic E-state index is 0.0283. The van der Waals surface area contributed by atoms with Gasteiger partial charge in [0.25, 0.3) is 0 Å². The molecule has 0 aromatic carbocycles. The van der Waals surface area contributed by atoms with E-state index in [4.69, 9.17) is 9.15 Å². The molecule has 2 atom stereocenters. The highest BCUT2D eigenvalue weighted by molar-refractivity contribution is 5.36. The zero-order valence-electron chi connectivity index (χ0n) is 8.82. The number of aryl methyl sites for hydroxylation is 1. The van der Waals surface area contributed by atoms with E-state index in [1.807, 2.05) is 6.92 Å². The van der Waals surface area contributed by atoms with E-state index in [0.717, 1.165) is 6.42 Å². The molecule has 1 aromatic heterocycles. The van der Waals surface area contributed by atoms with Crippen LogP contribution in [0, 0.1) is 6.92 Å². The molecule has 0 aliphatic carbocycles. The molecule has 2 rings (SSSR count). The fourth-order valence-corrected chi connectivity index (χ4v) is 1.99. The summed E-state index contributed by atoms with van der Waals surface area (Å²) in [7, 11) is 0. The largest absolute Gasteiger partial charge is 0.464 e. The van der Waals surface area contributed by atoms with Crippen molar-refractivity contribution < 1.29 is 14.3 Å². The highest BCUT2D eigenvalue weighted by Crippen LogP contribution is 2.35. The van der Waals surface area contributed by atoms with Gasteiger partial charge in [-0.05, 0) is 13.3 Å². The SMILES string of the molecule is CC[C@@H]1CC(O)Oc2cc(C)oc(=O)c21. The number of fused-ring (bicyclic) bond motifs is 1. The fraction of sp³-hybridized carbons (Fsp3) is 0.545. The third-order valence-electron chi connectivity index (χ3n) is 2.72. The number of rotatable bonds is 1. The highest BCUT2D eigenvalue weighted by atomic mass is 16.6. The van der Waals surface area contributed by atoms with Crippen LogP contribution in [0.1, 0.15) is 37.0 Å². The van der Waals surface area contributed by atoms with Crippen LogP contribution in [0.15, 0.2) is 15.3 Å². The molecule has 0 saturated carbocycles. The molecule has 4 nitrogen and oxygen atoms in total. The lowest BCUT2D eigenvalue weighted by Gasteiger charge is -2.27. The number of aliphatic hydroxyl groups is 1. The van der Waals surface area contributed by atoms with E-state index in [2.05, 4.69) is 0 Å². The standard InChI is InChI=1S/C11H14O4/c1-3-7-5-9(12)15-8-4-6(2)14-11(13)10(7)8/h4,7,9,12H,3,5H2,1-2H3/t7-,9?/m1/s1. The third-order valence-corrected chi connectivity index (χ3v) is 2.72. The van der Waals surface area contributed by atoms with Crippen molar-refractivity contribution in [1.82, 2.24) is 0 Å². The molecular formula is C11H14O4. The second-order valence-corrected chi connectivity index (χ2v) is 3.84. The first-order valence-corrected chi connectivity index (χ1v) is 5.11. The Balaban J connectivity index is 2.56. The van der Waals surface area contributed by atoms with Crippen LogP contribution in [-0.4, -0.2) is 11.4 Å². The van der Waals surface area contributed by atoms with Gasteiger partial charge in [-0.15, -0.1) is 0 Å². The first-order chi connectivity index (χ1) is 7.11. The normalized spacial score (nSPS) is 24.5. The average molecular weight is 210 g/mol. The maximum atomic E-state index is 11.6. The molecule has 0 radical (unpaired) electrons.